The summed E-state index contributed by atoms with van der Waals surface area (Å²) < 4.78 is 0. The molecule has 25 heavy (non-hydrogen) atoms. The second-order valence-corrected chi connectivity index (χ2v) is 6.46. The topological polar surface area (TPSA) is 65.5 Å². The SMILES string of the molecule is O=C(NCc1ccc(Cl)c(Cl)c1)c1cccc(CNC2=NCCN2)c1. The predicted molar refractivity (Wildman–Crippen MR) is 101 cm³/mol. The number of aliphatic imine (C=N–C) groups is 1. The van der Waals surface area contributed by atoms with Gasteiger partial charge in [0.15, 0.2) is 5.96 Å². The normalized spacial score (nSPS) is 13.1. The van der Waals surface area contributed by atoms with Gasteiger partial charge in [0.2, 0.25) is 0 Å². The highest BCUT2D eigenvalue weighted by molar-refractivity contribution is 6.42. The van der Waals surface area contributed by atoms with E-state index < -0.39 is 0 Å². The first-order chi connectivity index (χ1) is 12.1. The van der Waals surface area contributed by atoms with Crippen LogP contribution in [-0.2, 0) is 13.1 Å². The van der Waals surface area contributed by atoms with E-state index in [0.29, 0.717) is 28.7 Å². The van der Waals surface area contributed by atoms with Crippen LogP contribution in [0.3, 0.4) is 0 Å². The molecule has 5 nitrogen and oxygen atoms in total. The molecule has 0 unspecified atom stereocenters. The average molecular weight is 377 g/mol. The molecule has 0 saturated carbocycles. The smallest absolute Gasteiger partial charge is 0.251 e. The van der Waals surface area contributed by atoms with Crippen LogP contribution >= 0.6 is 23.2 Å². The molecule has 2 aromatic carbocycles. The lowest BCUT2D eigenvalue weighted by Gasteiger charge is -2.09. The zero-order valence-electron chi connectivity index (χ0n) is 13.5. The van der Waals surface area contributed by atoms with Crippen molar-refractivity contribution < 1.29 is 4.79 Å². The molecule has 0 radical (unpaired) electrons. The third-order valence-corrected chi connectivity index (χ3v) is 4.50. The number of hydrogen-bond donors (Lipinski definition) is 3. The molecule has 1 amide bonds. The van der Waals surface area contributed by atoms with Crippen LogP contribution in [0.4, 0.5) is 0 Å². The van der Waals surface area contributed by atoms with Crippen LogP contribution in [0.5, 0.6) is 0 Å². The molecular formula is C18H18Cl2N4O. The maximum absolute atomic E-state index is 12.4. The van der Waals surface area contributed by atoms with Gasteiger partial charge < -0.3 is 16.0 Å². The fraction of sp³-hybridized carbons (Fsp3) is 0.222. The highest BCUT2D eigenvalue weighted by Gasteiger charge is 2.08. The highest BCUT2D eigenvalue weighted by atomic mass is 35.5. The van der Waals surface area contributed by atoms with E-state index in [2.05, 4.69) is 20.9 Å². The minimum Gasteiger partial charge on any atom is -0.355 e. The maximum atomic E-state index is 12.4. The number of guanidine groups is 1. The predicted octanol–water partition coefficient (Wildman–Crippen LogP) is 2.97. The molecule has 1 heterocycles. The first-order valence-corrected chi connectivity index (χ1v) is 8.71. The van der Waals surface area contributed by atoms with Gasteiger partial charge in [0.05, 0.1) is 16.6 Å². The number of carbonyl (C=O) groups excluding carboxylic acids is 1. The third-order valence-electron chi connectivity index (χ3n) is 3.76. The second kappa shape index (κ2) is 8.23. The van der Waals surface area contributed by atoms with E-state index in [1.54, 1.807) is 18.2 Å². The molecule has 3 N–H and O–H groups in total. The number of nitrogens with zero attached hydrogens (tertiary/aromatic N) is 1. The molecule has 0 aliphatic carbocycles. The quantitative estimate of drug-likeness (QED) is 0.751. The Morgan fingerprint density at radius 2 is 1.92 bits per heavy atom. The Morgan fingerprint density at radius 3 is 2.68 bits per heavy atom. The second-order valence-electron chi connectivity index (χ2n) is 5.64. The highest BCUT2D eigenvalue weighted by Crippen LogP contribution is 2.22. The van der Waals surface area contributed by atoms with Crippen LogP contribution in [0.25, 0.3) is 0 Å². The average Bonchev–Trinajstić information content (AvgIpc) is 3.14. The Bertz CT molecular complexity index is 807. The molecule has 0 bridgehead atoms. The van der Waals surface area contributed by atoms with E-state index in [1.807, 2.05) is 24.3 Å². The van der Waals surface area contributed by atoms with Crippen molar-refractivity contribution in [1.29, 1.82) is 0 Å². The van der Waals surface area contributed by atoms with Crippen molar-refractivity contribution in [2.75, 3.05) is 13.1 Å². The minimum atomic E-state index is -0.135. The van der Waals surface area contributed by atoms with Gasteiger partial charge in [-0.2, -0.15) is 0 Å². The lowest BCUT2D eigenvalue weighted by Crippen LogP contribution is -2.33. The summed E-state index contributed by atoms with van der Waals surface area (Å²) in [4.78, 5) is 16.6. The van der Waals surface area contributed by atoms with Gasteiger partial charge in [0.1, 0.15) is 0 Å². The van der Waals surface area contributed by atoms with Crippen molar-refractivity contribution >= 4 is 35.1 Å². The Kier molecular flexibility index (Phi) is 5.79. The molecule has 3 rings (SSSR count). The Morgan fingerprint density at radius 1 is 1.08 bits per heavy atom. The monoisotopic (exact) mass is 376 g/mol. The summed E-state index contributed by atoms with van der Waals surface area (Å²) in [5.41, 5.74) is 2.52. The maximum Gasteiger partial charge on any atom is 0.251 e. The Balaban J connectivity index is 1.57. The van der Waals surface area contributed by atoms with Crippen molar-refractivity contribution in [3.8, 4) is 0 Å². The number of hydrogen-bond acceptors (Lipinski definition) is 4. The minimum absolute atomic E-state index is 0.135. The summed E-state index contributed by atoms with van der Waals surface area (Å²) >= 11 is 11.9. The fourth-order valence-corrected chi connectivity index (χ4v) is 2.78. The van der Waals surface area contributed by atoms with Gasteiger partial charge in [-0.3, -0.25) is 9.79 Å². The van der Waals surface area contributed by atoms with E-state index >= 15 is 0 Å². The van der Waals surface area contributed by atoms with Gasteiger partial charge in [0.25, 0.3) is 5.91 Å². The molecule has 0 saturated heterocycles. The van der Waals surface area contributed by atoms with E-state index in [1.165, 1.54) is 0 Å². The fourth-order valence-electron chi connectivity index (χ4n) is 2.46. The van der Waals surface area contributed by atoms with Crippen LogP contribution in [0, 0.1) is 0 Å². The molecule has 1 aliphatic heterocycles. The van der Waals surface area contributed by atoms with Crippen molar-refractivity contribution in [3.05, 3.63) is 69.2 Å². The summed E-state index contributed by atoms with van der Waals surface area (Å²) in [6, 6.07) is 12.8. The van der Waals surface area contributed by atoms with Crippen molar-refractivity contribution in [1.82, 2.24) is 16.0 Å². The number of carbonyl (C=O) groups is 1. The van der Waals surface area contributed by atoms with Gasteiger partial charge in [-0.1, -0.05) is 41.4 Å². The number of amides is 1. The van der Waals surface area contributed by atoms with Crippen molar-refractivity contribution in [2.45, 2.75) is 13.1 Å². The van der Waals surface area contributed by atoms with Crippen molar-refractivity contribution in [2.24, 2.45) is 4.99 Å². The number of rotatable bonds is 5. The van der Waals surface area contributed by atoms with Crippen LogP contribution < -0.4 is 16.0 Å². The summed E-state index contributed by atoms with van der Waals surface area (Å²) in [5.74, 6) is 0.665. The number of halogens is 2. The summed E-state index contributed by atoms with van der Waals surface area (Å²) in [7, 11) is 0. The summed E-state index contributed by atoms with van der Waals surface area (Å²) in [6.45, 7) is 2.65. The molecular weight excluding hydrogens is 359 g/mol. The summed E-state index contributed by atoms with van der Waals surface area (Å²) in [5, 5.41) is 10.2. The van der Waals surface area contributed by atoms with E-state index in [9.17, 15) is 4.79 Å². The van der Waals surface area contributed by atoms with E-state index in [0.717, 1.165) is 30.2 Å². The van der Waals surface area contributed by atoms with Gasteiger partial charge in [-0.15, -0.1) is 0 Å². The van der Waals surface area contributed by atoms with Gasteiger partial charge in [-0.25, -0.2) is 0 Å². The van der Waals surface area contributed by atoms with Gasteiger partial charge in [0, 0.05) is 25.2 Å². The number of nitrogens with one attached hydrogen (secondary N) is 3. The lowest BCUT2D eigenvalue weighted by molar-refractivity contribution is 0.0951. The Hall–Kier alpha value is -2.24. The molecule has 0 atom stereocenters. The molecule has 0 spiro atoms. The standard InChI is InChI=1S/C18H18Cl2N4O/c19-15-5-4-13(9-16(15)20)10-23-17(25)14-3-1-2-12(8-14)11-24-18-21-6-7-22-18/h1-5,8-9H,6-7,10-11H2,(H,23,25)(H2,21,22,24). The molecule has 2 aromatic rings. The van der Waals surface area contributed by atoms with Crippen LogP contribution in [0.1, 0.15) is 21.5 Å². The first kappa shape index (κ1) is 17.6. The molecule has 7 heteroatoms. The first-order valence-electron chi connectivity index (χ1n) is 7.95. The zero-order chi connectivity index (χ0) is 17.6. The Labute approximate surface area is 156 Å². The molecule has 0 fully saturated rings. The van der Waals surface area contributed by atoms with E-state index in [-0.39, 0.29) is 5.91 Å². The zero-order valence-corrected chi connectivity index (χ0v) is 15.0. The van der Waals surface area contributed by atoms with E-state index in [4.69, 9.17) is 23.2 Å². The van der Waals surface area contributed by atoms with Crippen LogP contribution in [0.15, 0.2) is 47.5 Å². The van der Waals surface area contributed by atoms with Crippen LogP contribution in [0.2, 0.25) is 10.0 Å². The van der Waals surface area contributed by atoms with Crippen LogP contribution in [-0.4, -0.2) is 25.0 Å². The molecule has 0 aromatic heterocycles. The van der Waals surface area contributed by atoms with Gasteiger partial charge >= 0.3 is 0 Å². The number of benzene rings is 2. The lowest BCUT2D eigenvalue weighted by atomic mass is 10.1. The largest absolute Gasteiger partial charge is 0.355 e. The summed E-state index contributed by atoms with van der Waals surface area (Å²) in [6.07, 6.45) is 0. The molecule has 130 valence electrons. The van der Waals surface area contributed by atoms with Crippen molar-refractivity contribution in [3.63, 3.8) is 0 Å². The molecule has 1 aliphatic rings. The van der Waals surface area contributed by atoms with Gasteiger partial charge in [-0.05, 0) is 35.4 Å². The third kappa shape index (κ3) is 4.87.